The maximum absolute atomic E-state index is 12.3. The number of hydrogen-bond donors (Lipinski definition) is 0. The summed E-state index contributed by atoms with van der Waals surface area (Å²) in [6.45, 7) is 1.23. The van der Waals surface area contributed by atoms with Crippen molar-refractivity contribution in [1.29, 1.82) is 0 Å². The lowest BCUT2D eigenvalue weighted by Crippen LogP contribution is -2.43. The smallest absolute Gasteiger partial charge is 0.253 e. The largest absolute Gasteiger partial charge is 0.339 e. The lowest BCUT2D eigenvalue weighted by atomic mass is 9.95. The van der Waals surface area contributed by atoms with Gasteiger partial charge in [0.15, 0.2) is 0 Å². The van der Waals surface area contributed by atoms with Gasteiger partial charge in [-0.1, -0.05) is 18.2 Å². The van der Waals surface area contributed by atoms with Crippen LogP contribution in [0.25, 0.3) is 0 Å². The van der Waals surface area contributed by atoms with Crippen LogP contribution in [0.3, 0.4) is 0 Å². The topological polar surface area (TPSA) is 49.9 Å². The molecule has 5 heteroatoms. The van der Waals surface area contributed by atoms with Gasteiger partial charge >= 0.3 is 0 Å². The molecule has 0 saturated carbocycles. The van der Waals surface area contributed by atoms with Crippen LogP contribution in [-0.2, 0) is 9.63 Å². The lowest BCUT2D eigenvalue weighted by Gasteiger charge is -2.32. The highest BCUT2D eigenvalue weighted by Crippen LogP contribution is 2.20. The molecule has 1 aromatic rings. The van der Waals surface area contributed by atoms with E-state index in [9.17, 15) is 9.59 Å². The Morgan fingerprint density at radius 1 is 1.20 bits per heavy atom. The SMILES string of the molecule is CON(C)C(=O)C1CCN(C(=O)c2ccccc2)CC1. The molecule has 1 heterocycles. The Hall–Kier alpha value is -1.88. The second kappa shape index (κ2) is 6.52. The van der Waals surface area contributed by atoms with Crippen molar-refractivity contribution < 1.29 is 14.4 Å². The minimum atomic E-state index is -0.0558. The summed E-state index contributed by atoms with van der Waals surface area (Å²) < 4.78 is 0. The van der Waals surface area contributed by atoms with Crippen molar-refractivity contribution in [3.8, 4) is 0 Å². The molecule has 1 fully saturated rings. The van der Waals surface area contributed by atoms with Crippen LogP contribution in [0.15, 0.2) is 30.3 Å². The van der Waals surface area contributed by atoms with Crippen molar-refractivity contribution in [2.24, 2.45) is 5.92 Å². The molecule has 2 rings (SSSR count). The number of carbonyl (C=O) groups excluding carboxylic acids is 2. The maximum Gasteiger partial charge on any atom is 0.253 e. The van der Waals surface area contributed by atoms with E-state index >= 15 is 0 Å². The Bertz CT molecular complexity index is 467. The summed E-state index contributed by atoms with van der Waals surface area (Å²) in [4.78, 5) is 31.0. The zero-order chi connectivity index (χ0) is 14.5. The number of rotatable bonds is 3. The predicted molar refractivity (Wildman–Crippen MR) is 74.8 cm³/mol. The minimum Gasteiger partial charge on any atom is -0.339 e. The summed E-state index contributed by atoms with van der Waals surface area (Å²) in [5.41, 5.74) is 0.700. The number of likely N-dealkylation sites (tertiary alicyclic amines) is 1. The Kier molecular flexibility index (Phi) is 4.74. The van der Waals surface area contributed by atoms with Crippen LogP contribution >= 0.6 is 0 Å². The summed E-state index contributed by atoms with van der Waals surface area (Å²) in [5.74, 6) is -0.0318. The number of carbonyl (C=O) groups is 2. The number of hydroxylamine groups is 2. The average molecular weight is 276 g/mol. The Morgan fingerprint density at radius 3 is 2.35 bits per heavy atom. The fourth-order valence-electron chi connectivity index (χ4n) is 2.44. The van der Waals surface area contributed by atoms with E-state index in [0.717, 1.165) is 0 Å². The van der Waals surface area contributed by atoms with Gasteiger partial charge in [0.1, 0.15) is 0 Å². The molecule has 5 nitrogen and oxygen atoms in total. The number of piperidine rings is 1. The highest BCUT2D eigenvalue weighted by molar-refractivity contribution is 5.94. The standard InChI is InChI=1S/C15H20N2O3/c1-16(20-2)14(18)13-8-10-17(11-9-13)15(19)12-6-4-3-5-7-12/h3-7,13H,8-11H2,1-2H3. The van der Waals surface area contributed by atoms with Crippen LogP contribution in [0.1, 0.15) is 23.2 Å². The Morgan fingerprint density at radius 2 is 1.80 bits per heavy atom. The van der Waals surface area contributed by atoms with Crippen molar-refractivity contribution >= 4 is 11.8 Å². The van der Waals surface area contributed by atoms with Crippen molar-refractivity contribution in [3.63, 3.8) is 0 Å². The second-order valence-electron chi connectivity index (χ2n) is 4.95. The van der Waals surface area contributed by atoms with E-state index in [-0.39, 0.29) is 17.7 Å². The second-order valence-corrected chi connectivity index (χ2v) is 4.95. The normalized spacial score (nSPS) is 16.0. The summed E-state index contributed by atoms with van der Waals surface area (Å²) in [6, 6.07) is 9.24. The molecule has 0 spiro atoms. The quantitative estimate of drug-likeness (QED) is 0.787. The molecule has 20 heavy (non-hydrogen) atoms. The van der Waals surface area contributed by atoms with Gasteiger partial charge in [-0.05, 0) is 25.0 Å². The third-order valence-electron chi connectivity index (χ3n) is 3.74. The Balaban J connectivity index is 1.92. The van der Waals surface area contributed by atoms with Gasteiger partial charge in [-0.3, -0.25) is 14.4 Å². The van der Waals surface area contributed by atoms with Gasteiger partial charge in [-0.25, -0.2) is 5.06 Å². The number of benzene rings is 1. The van der Waals surface area contributed by atoms with E-state index in [4.69, 9.17) is 4.84 Å². The highest BCUT2D eigenvalue weighted by Gasteiger charge is 2.29. The Labute approximate surface area is 119 Å². The molecule has 0 aromatic heterocycles. The van der Waals surface area contributed by atoms with Gasteiger partial charge in [0.2, 0.25) is 5.91 Å². The number of amides is 2. The summed E-state index contributed by atoms with van der Waals surface area (Å²) in [7, 11) is 3.09. The van der Waals surface area contributed by atoms with Crippen LogP contribution in [-0.4, -0.2) is 49.0 Å². The molecule has 1 saturated heterocycles. The molecule has 0 aliphatic carbocycles. The van der Waals surface area contributed by atoms with Crippen molar-refractivity contribution in [1.82, 2.24) is 9.96 Å². The summed E-state index contributed by atoms with van der Waals surface area (Å²) in [6.07, 6.45) is 1.37. The van der Waals surface area contributed by atoms with Gasteiger partial charge in [0.05, 0.1) is 7.11 Å². The molecule has 0 unspecified atom stereocenters. The van der Waals surface area contributed by atoms with E-state index in [2.05, 4.69) is 0 Å². The minimum absolute atomic E-state index is 0.0145. The zero-order valence-corrected chi connectivity index (χ0v) is 11.9. The first-order valence-corrected chi connectivity index (χ1v) is 6.79. The molecule has 0 atom stereocenters. The number of hydrogen-bond acceptors (Lipinski definition) is 3. The molecule has 108 valence electrons. The van der Waals surface area contributed by atoms with Crippen LogP contribution in [0, 0.1) is 5.92 Å². The summed E-state index contributed by atoms with van der Waals surface area (Å²) in [5, 5.41) is 1.26. The van der Waals surface area contributed by atoms with Gasteiger partial charge in [-0.15, -0.1) is 0 Å². The fraction of sp³-hybridized carbons (Fsp3) is 0.467. The van der Waals surface area contributed by atoms with E-state index in [0.29, 0.717) is 31.5 Å². The average Bonchev–Trinajstić information content (AvgIpc) is 2.53. The van der Waals surface area contributed by atoms with Crippen molar-refractivity contribution in [2.75, 3.05) is 27.2 Å². The van der Waals surface area contributed by atoms with E-state index < -0.39 is 0 Å². The molecule has 2 amide bonds. The first kappa shape index (κ1) is 14.5. The monoisotopic (exact) mass is 276 g/mol. The first-order chi connectivity index (χ1) is 9.63. The third kappa shape index (κ3) is 3.17. The van der Waals surface area contributed by atoms with Gasteiger partial charge in [-0.2, -0.15) is 0 Å². The van der Waals surface area contributed by atoms with Crippen molar-refractivity contribution in [2.45, 2.75) is 12.8 Å². The van der Waals surface area contributed by atoms with Crippen LogP contribution in [0.2, 0.25) is 0 Å². The zero-order valence-electron chi connectivity index (χ0n) is 11.9. The molecule has 0 N–H and O–H groups in total. The first-order valence-electron chi connectivity index (χ1n) is 6.79. The molecule has 0 radical (unpaired) electrons. The molecule has 1 aliphatic rings. The molecule has 0 bridgehead atoms. The van der Waals surface area contributed by atoms with Crippen molar-refractivity contribution in [3.05, 3.63) is 35.9 Å². The van der Waals surface area contributed by atoms with E-state index in [1.165, 1.54) is 12.2 Å². The number of nitrogens with zero attached hydrogens (tertiary/aromatic N) is 2. The maximum atomic E-state index is 12.3. The van der Waals surface area contributed by atoms with Crippen LogP contribution in [0.4, 0.5) is 0 Å². The highest BCUT2D eigenvalue weighted by atomic mass is 16.7. The van der Waals surface area contributed by atoms with E-state index in [1.807, 2.05) is 35.2 Å². The van der Waals surface area contributed by atoms with Crippen LogP contribution in [0.5, 0.6) is 0 Å². The van der Waals surface area contributed by atoms with Crippen LogP contribution < -0.4 is 0 Å². The predicted octanol–water partition coefficient (Wildman–Crippen LogP) is 1.56. The molecular formula is C15H20N2O3. The van der Waals surface area contributed by atoms with Gasteiger partial charge in [0.25, 0.3) is 5.91 Å². The van der Waals surface area contributed by atoms with E-state index in [1.54, 1.807) is 7.05 Å². The molecular weight excluding hydrogens is 256 g/mol. The van der Waals surface area contributed by atoms with Gasteiger partial charge in [0, 0.05) is 31.6 Å². The molecule has 1 aliphatic heterocycles. The lowest BCUT2D eigenvalue weighted by molar-refractivity contribution is -0.174. The van der Waals surface area contributed by atoms with Gasteiger partial charge < -0.3 is 4.90 Å². The fourth-order valence-corrected chi connectivity index (χ4v) is 2.44. The summed E-state index contributed by atoms with van der Waals surface area (Å²) >= 11 is 0. The third-order valence-corrected chi connectivity index (χ3v) is 3.74. The molecule has 1 aromatic carbocycles.